The molecule has 2 N–H and O–H groups in total. The lowest BCUT2D eigenvalue weighted by Gasteiger charge is -2.19. The van der Waals surface area contributed by atoms with Crippen LogP contribution in [0.15, 0.2) is 30.3 Å². The fourth-order valence-corrected chi connectivity index (χ4v) is 3.14. The minimum absolute atomic E-state index is 0.160. The number of methoxy groups -OCH3 is 1. The van der Waals surface area contributed by atoms with Crippen LogP contribution in [0.3, 0.4) is 0 Å². The number of anilines is 1. The van der Waals surface area contributed by atoms with Gasteiger partial charge in [-0.2, -0.15) is 4.68 Å². The number of carbonyl (C=O) groups is 2. The van der Waals surface area contributed by atoms with E-state index < -0.39 is 17.5 Å². The van der Waals surface area contributed by atoms with Gasteiger partial charge >= 0.3 is 11.9 Å². The van der Waals surface area contributed by atoms with Crippen molar-refractivity contribution in [2.75, 3.05) is 12.4 Å². The molecule has 0 aliphatic heterocycles. The quantitative estimate of drug-likeness (QED) is 0.553. The lowest BCUT2D eigenvalue weighted by molar-refractivity contribution is 0.00622. The summed E-state index contributed by atoms with van der Waals surface area (Å²) in [7, 11) is 1.30. The van der Waals surface area contributed by atoms with E-state index in [-0.39, 0.29) is 12.2 Å². The lowest BCUT2D eigenvalue weighted by Crippen LogP contribution is -2.24. The van der Waals surface area contributed by atoms with Crippen molar-refractivity contribution in [1.29, 1.82) is 0 Å². The Kier molecular flexibility index (Phi) is 6.38. The summed E-state index contributed by atoms with van der Waals surface area (Å²) in [5, 5.41) is 14.8. The molecule has 10 nitrogen and oxygen atoms in total. The fraction of sp³-hybridized carbons (Fsp3) is 0.381. The summed E-state index contributed by atoms with van der Waals surface area (Å²) in [4.78, 5) is 28.3. The SMILES string of the molecule is CCc1c(C(=O)OC(C)(C)C)[nH]c(CNc2nnnn2-c2ccccc2)c1C(=O)OC. The maximum atomic E-state index is 12.7. The predicted octanol–water partition coefficient (Wildman–Crippen LogP) is 2.91. The minimum Gasteiger partial charge on any atom is -0.465 e. The first kappa shape index (κ1) is 22.0. The molecule has 0 amide bonds. The van der Waals surface area contributed by atoms with Gasteiger partial charge in [0.2, 0.25) is 5.95 Å². The number of tetrazole rings is 1. The van der Waals surface area contributed by atoms with E-state index in [2.05, 4.69) is 25.8 Å². The highest BCUT2D eigenvalue weighted by molar-refractivity contribution is 5.99. The van der Waals surface area contributed by atoms with Crippen LogP contribution in [0, 0.1) is 0 Å². The first-order chi connectivity index (χ1) is 14.7. The summed E-state index contributed by atoms with van der Waals surface area (Å²) < 4.78 is 12.0. The van der Waals surface area contributed by atoms with Crippen molar-refractivity contribution in [2.45, 2.75) is 46.3 Å². The van der Waals surface area contributed by atoms with Gasteiger partial charge in [-0.15, -0.1) is 0 Å². The van der Waals surface area contributed by atoms with E-state index >= 15 is 0 Å². The van der Waals surface area contributed by atoms with Gasteiger partial charge in [0.15, 0.2) is 0 Å². The molecule has 0 aliphatic carbocycles. The molecule has 2 aromatic heterocycles. The Morgan fingerprint density at radius 1 is 1.16 bits per heavy atom. The highest BCUT2D eigenvalue weighted by Gasteiger charge is 2.29. The first-order valence-corrected chi connectivity index (χ1v) is 9.88. The molecule has 2 heterocycles. The van der Waals surface area contributed by atoms with E-state index in [9.17, 15) is 9.59 Å². The van der Waals surface area contributed by atoms with Crippen molar-refractivity contribution >= 4 is 17.9 Å². The van der Waals surface area contributed by atoms with Crippen LogP contribution in [-0.2, 0) is 22.4 Å². The number of esters is 2. The van der Waals surface area contributed by atoms with Gasteiger partial charge in [0.05, 0.1) is 24.9 Å². The Morgan fingerprint density at radius 3 is 2.48 bits per heavy atom. The maximum Gasteiger partial charge on any atom is 0.355 e. The van der Waals surface area contributed by atoms with Crippen LogP contribution in [0.2, 0.25) is 0 Å². The summed E-state index contributed by atoms with van der Waals surface area (Å²) in [5.41, 5.74) is 1.66. The zero-order chi connectivity index (χ0) is 22.6. The third-order valence-electron chi connectivity index (χ3n) is 4.42. The molecule has 0 unspecified atom stereocenters. The number of aromatic amines is 1. The van der Waals surface area contributed by atoms with Gasteiger partial charge in [-0.25, -0.2) is 9.59 Å². The highest BCUT2D eigenvalue weighted by atomic mass is 16.6. The molecule has 3 rings (SSSR count). The first-order valence-electron chi connectivity index (χ1n) is 9.88. The summed E-state index contributed by atoms with van der Waals surface area (Å²) in [5.74, 6) is -0.689. The molecule has 0 saturated carbocycles. The van der Waals surface area contributed by atoms with Crippen molar-refractivity contribution in [2.24, 2.45) is 0 Å². The molecule has 0 spiro atoms. The van der Waals surface area contributed by atoms with Crippen LogP contribution >= 0.6 is 0 Å². The van der Waals surface area contributed by atoms with E-state index in [0.29, 0.717) is 29.2 Å². The molecule has 0 atom stereocenters. The van der Waals surface area contributed by atoms with Crippen LogP contribution in [-0.4, -0.2) is 49.8 Å². The number of nitrogens with one attached hydrogen (secondary N) is 2. The third kappa shape index (κ3) is 4.90. The summed E-state index contributed by atoms with van der Waals surface area (Å²) in [6, 6.07) is 9.38. The Morgan fingerprint density at radius 2 is 1.87 bits per heavy atom. The standard InChI is InChI=1S/C21H26N6O4/c1-6-14-16(18(28)30-5)15(23-17(14)19(29)31-21(2,3)4)12-22-20-24-25-26-27(20)13-10-8-7-9-11-13/h7-11,23H,6,12H2,1-5H3,(H,22,24,26). The molecular formula is C21H26N6O4. The number of hydrogen-bond donors (Lipinski definition) is 2. The van der Waals surface area contributed by atoms with Crippen LogP contribution in [0.5, 0.6) is 0 Å². The van der Waals surface area contributed by atoms with Gasteiger partial charge in [0, 0.05) is 5.69 Å². The number of hydrogen-bond acceptors (Lipinski definition) is 8. The number of carbonyl (C=O) groups excluding carboxylic acids is 2. The summed E-state index contributed by atoms with van der Waals surface area (Å²) in [6.07, 6.45) is 0.442. The van der Waals surface area contributed by atoms with Crippen molar-refractivity contribution in [3.8, 4) is 5.69 Å². The van der Waals surface area contributed by atoms with Crippen molar-refractivity contribution < 1.29 is 19.1 Å². The van der Waals surface area contributed by atoms with E-state index in [1.165, 1.54) is 11.8 Å². The second kappa shape index (κ2) is 8.99. The van der Waals surface area contributed by atoms with Crippen molar-refractivity contribution in [3.63, 3.8) is 0 Å². The monoisotopic (exact) mass is 426 g/mol. The average Bonchev–Trinajstić information content (AvgIpc) is 3.35. The number of benzene rings is 1. The Balaban J connectivity index is 1.93. The number of para-hydroxylation sites is 1. The molecule has 0 radical (unpaired) electrons. The van der Waals surface area contributed by atoms with E-state index in [0.717, 1.165) is 5.69 Å². The molecule has 0 bridgehead atoms. The zero-order valence-corrected chi connectivity index (χ0v) is 18.2. The molecule has 31 heavy (non-hydrogen) atoms. The van der Waals surface area contributed by atoms with E-state index in [4.69, 9.17) is 9.47 Å². The molecule has 10 heteroatoms. The summed E-state index contributed by atoms with van der Waals surface area (Å²) in [6.45, 7) is 7.37. The molecular weight excluding hydrogens is 400 g/mol. The van der Waals surface area contributed by atoms with Gasteiger partial charge < -0.3 is 19.8 Å². The number of nitrogens with zero attached hydrogens (tertiary/aromatic N) is 4. The van der Waals surface area contributed by atoms with Crippen molar-refractivity contribution in [3.05, 3.63) is 52.8 Å². The van der Waals surface area contributed by atoms with Crippen LogP contribution in [0.4, 0.5) is 5.95 Å². The molecule has 0 saturated heterocycles. The summed E-state index contributed by atoms with van der Waals surface area (Å²) >= 11 is 0. The number of aromatic nitrogens is 5. The van der Waals surface area contributed by atoms with Gasteiger partial charge in [-0.1, -0.05) is 30.2 Å². The third-order valence-corrected chi connectivity index (χ3v) is 4.42. The second-order valence-corrected chi connectivity index (χ2v) is 7.78. The Hall–Kier alpha value is -3.69. The molecule has 3 aromatic rings. The largest absolute Gasteiger partial charge is 0.465 e. The molecule has 0 fully saturated rings. The van der Waals surface area contributed by atoms with Gasteiger partial charge in [-0.3, -0.25) is 0 Å². The Bertz CT molecular complexity index is 1070. The molecule has 164 valence electrons. The van der Waals surface area contributed by atoms with Gasteiger partial charge in [0.25, 0.3) is 0 Å². The Labute approximate surface area is 179 Å². The lowest BCUT2D eigenvalue weighted by atomic mass is 10.1. The van der Waals surface area contributed by atoms with Crippen LogP contribution in [0.1, 0.15) is 59.8 Å². The van der Waals surface area contributed by atoms with Crippen molar-refractivity contribution in [1.82, 2.24) is 25.2 Å². The predicted molar refractivity (Wildman–Crippen MR) is 113 cm³/mol. The average molecular weight is 426 g/mol. The fourth-order valence-electron chi connectivity index (χ4n) is 3.14. The second-order valence-electron chi connectivity index (χ2n) is 7.78. The topological polar surface area (TPSA) is 124 Å². The maximum absolute atomic E-state index is 12.7. The van der Waals surface area contributed by atoms with Gasteiger partial charge in [-0.05, 0) is 55.3 Å². The number of H-pyrrole nitrogens is 1. The molecule has 1 aromatic carbocycles. The molecule has 0 aliphatic rings. The zero-order valence-electron chi connectivity index (χ0n) is 18.2. The van der Waals surface area contributed by atoms with Crippen LogP contribution < -0.4 is 5.32 Å². The van der Waals surface area contributed by atoms with E-state index in [1.807, 2.05) is 37.3 Å². The van der Waals surface area contributed by atoms with Gasteiger partial charge in [0.1, 0.15) is 11.3 Å². The number of rotatable bonds is 7. The highest BCUT2D eigenvalue weighted by Crippen LogP contribution is 2.24. The van der Waals surface area contributed by atoms with E-state index in [1.54, 1.807) is 20.8 Å². The van der Waals surface area contributed by atoms with Crippen LogP contribution in [0.25, 0.3) is 5.69 Å². The minimum atomic E-state index is -0.672. The number of ether oxygens (including phenoxy) is 2. The normalized spacial score (nSPS) is 11.3. The smallest absolute Gasteiger partial charge is 0.355 e.